The zero-order valence-electron chi connectivity index (χ0n) is 16.4. The number of thiophene rings is 1. The summed E-state index contributed by atoms with van der Waals surface area (Å²) in [5.74, 6) is -0.240. The maximum Gasteiger partial charge on any atom is 0.265 e. The van der Waals surface area contributed by atoms with E-state index in [2.05, 4.69) is 14.6 Å². The van der Waals surface area contributed by atoms with E-state index in [1.807, 2.05) is 24.4 Å². The van der Waals surface area contributed by atoms with Crippen LogP contribution < -0.4 is 9.62 Å². The van der Waals surface area contributed by atoms with Crippen LogP contribution in [-0.2, 0) is 10.0 Å². The highest BCUT2D eigenvalue weighted by atomic mass is 32.2. The molecule has 0 bridgehead atoms. The second-order valence-electron chi connectivity index (χ2n) is 7.03. The van der Waals surface area contributed by atoms with E-state index in [0.717, 1.165) is 35.0 Å². The first-order chi connectivity index (χ1) is 14.4. The molecule has 0 aliphatic carbocycles. The van der Waals surface area contributed by atoms with Crippen LogP contribution in [0.3, 0.4) is 0 Å². The second-order valence-corrected chi connectivity index (χ2v) is 10.5. The summed E-state index contributed by atoms with van der Waals surface area (Å²) in [5.41, 5.74) is 1.51. The molecule has 3 heterocycles. The SMILES string of the molecule is Cc1ccc(NS(=O)(=O)c2ccsc2C(=O)N2CCCN(c3nccs3)CC2)cc1. The Hall–Kier alpha value is -2.43. The van der Waals surface area contributed by atoms with Crippen LogP contribution in [0.4, 0.5) is 10.8 Å². The molecule has 158 valence electrons. The van der Waals surface area contributed by atoms with Crippen LogP contribution >= 0.6 is 22.7 Å². The lowest BCUT2D eigenvalue weighted by Gasteiger charge is -2.21. The zero-order chi connectivity index (χ0) is 21.1. The number of carbonyl (C=O) groups excluding carboxylic acids is 1. The third-order valence-corrected chi connectivity index (χ3v) is 8.18. The normalized spacial score (nSPS) is 15.1. The van der Waals surface area contributed by atoms with Crippen molar-refractivity contribution in [2.75, 3.05) is 35.8 Å². The van der Waals surface area contributed by atoms with Gasteiger partial charge in [0.1, 0.15) is 9.77 Å². The number of amides is 1. The van der Waals surface area contributed by atoms with Gasteiger partial charge in [0.15, 0.2) is 5.13 Å². The lowest BCUT2D eigenvalue weighted by Crippen LogP contribution is -2.35. The maximum atomic E-state index is 13.2. The Balaban J connectivity index is 1.50. The molecule has 1 aliphatic rings. The molecule has 1 fully saturated rings. The number of hydrogen-bond donors (Lipinski definition) is 1. The summed E-state index contributed by atoms with van der Waals surface area (Å²) in [5, 5.41) is 4.54. The second kappa shape index (κ2) is 8.75. The summed E-state index contributed by atoms with van der Waals surface area (Å²) in [6.07, 6.45) is 2.58. The number of nitrogens with zero attached hydrogens (tertiary/aromatic N) is 3. The number of carbonyl (C=O) groups is 1. The van der Waals surface area contributed by atoms with Crippen molar-refractivity contribution in [1.82, 2.24) is 9.88 Å². The summed E-state index contributed by atoms with van der Waals surface area (Å²) in [4.78, 5) is 21.7. The van der Waals surface area contributed by atoms with Gasteiger partial charge in [-0.3, -0.25) is 9.52 Å². The minimum absolute atomic E-state index is 0.0269. The van der Waals surface area contributed by atoms with Crippen LogP contribution in [-0.4, -0.2) is 50.4 Å². The van der Waals surface area contributed by atoms with Crippen molar-refractivity contribution in [1.29, 1.82) is 0 Å². The Morgan fingerprint density at radius 3 is 2.57 bits per heavy atom. The number of hydrogen-bond acceptors (Lipinski definition) is 7. The van der Waals surface area contributed by atoms with Crippen LogP contribution in [0.1, 0.15) is 21.7 Å². The molecule has 1 aliphatic heterocycles. The average molecular weight is 463 g/mol. The number of thiazole rings is 1. The molecule has 0 radical (unpaired) electrons. The summed E-state index contributed by atoms with van der Waals surface area (Å²) in [6.45, 7) is 4.55. The van der Waals surface area contributed by atoms with E-state index in [9.17, 15) is 13.2 Å². The van der Waals surface area contributed by atoms with Gasteiger partial charge < -0.3 is 9.80 Å². The largest absolute Gasteiger partial charge is 0.346 e. The average Bonchev–Trinajstić information content (AvgIpc) is 3.38. The predicted octanol–water partition coefficient (Wildman–Crippen LogP) is 3.67. The van der Waals surface area contributed by atoms with Gasteiger partial charge in [-0.25, -0.2) is 13.4 Å². The highest BCUT2D eigenvalue weighted by Gasteiger charge is 2.28. The van der Waals surface area contributed by atoms with Crippen LogP contribution in [0.2, 0.25) is 0 Å². The molecule has 1 amide bonds. The van der Waals surface area contributed by atoms with Gasteiger partial charge in [0.25, 0.3) is 15.9 Å². The minimum atomic E-state index is -3.86. The van der Waals surface area contributed by atoms with Gasteiger partial charge in [-0.05, 0) is 36.9 Å². The monoisotopic (exact) mass is 462 g/mol. The number of anilines is 2. The quantitative estimate of drug-likeness (QED) is 0.626. The summed E-state index contributed by atoms with van der Waals surface area (Å²) in [7, 11) is -3.86. The van der Waals surface area contributed by atoms with Gasteiger partial charge in [0.05, 0.1) is 0 Å². The van der Waals surface area contributed by atoms with Gasteiger partial charge in [-0.15, -0.1) is 22.7 Å². The minimum Gasteiger partial charge on any atom is -0.346 e. The molecule has 4 rings (SSSR count). The molecule has 30 heavy (non-hydrogen) atoms. The number of aromatic nitrogens is 1. The number of benzene rings is 1. The smallest absolute Gasteiger partial charge is 0.265 e. The number of sulfonamides is 1. The molecule has 0 spiro atoms. The van der Waals surface area contributed by atoms with Gasteiger partial charge >= 0.3 is 0 Å². The van der Waals surface area contributed by atoms with Gasteiger partial charge in [0, 0.05) is 43.4 Å². The van der Waals surface area contributed by atoms with Crippen LogP contribution in [0.25, 0.3) is 0 Å². The molecule has 7 nitrogen and oxygen atoms in total. The van der Waals surface area contributed by atoms with E-state index in [4.69, 9.17) is 0 Å². The van der Waals surface area contributed by atoms with E-state index < -0.39 is 10.0 Å². The molecule has 10 heteroatoms. The summed E-state index contributed by atoms with van der Waals surface area (Å²) < 4.78 is 28.5. The Kier molecular flexibility index (Phi) is 6.07. The van der Waals surface area contributed by atoms with Gasteiger partial charge in [-0.1, -0.05) is 17.7 Å². The van der Waals surface area contributed by atoms with Crippen molar-refractivity contribution < 1.29 is 13.2 Å². The molecular formula is C20H22N4O3S3. The van der Waals surface area contributed by atoms with Crippen molar-refractivity contribution in [2.45, 2.75) is 18.2 Å². The highest BCUT2D eigenvalue weighted by Crippen LogP contribution is 2.27. The molecule has 1 aromatic carbocycles. The van der Waals surface area contributed by atoms with Crippen molar-refractivity contribution in [3.8, 4) is 0 Å². The van der Waals surface area contributed by atoms with E-state index >= 15 is 0 Å². The topological polar surface area (TPSA) is 82.6 Å². The third-order valence-electron chi connectivity index (χ3n) is 4.89. The standard InChI is InChI=1S/C20H22N4O3S3/c1-15-3-5-16(6-4-15)22-30(26,27)17-7-13-28-18(17)19(25)23-9-2-10-24(12-11-23)20-21-8-14-29-20/h3-8,13-14,22H,2,9-12H2,1H3. The molecule has 2 aromatic heterocycles. The zero-order valence-corrected chi connectivity index (χ0v) is 18.9. The molecule has 3 aromatic rings. The first kappa shape index (κ1) is 20.8. The van der Waals surface area contributed by atoms with Crippen LogP contribution in [0.15, 0.2) is 52.2 Å². The van der Waals surface area contributed by atoms with E-state index in [1.165, 1.54) is 6.07 Å². The van der Waals surface area contributed by atoms with Crippen molar-refractivity contribution in [3.05, 3.63) is 57.7 Å². The number of nitrogens with one attached hydrogen (secondary N) is 1. The lowest BCUT2D eigenvalue weighted by molar-refractivity contribution is 0.0768. The molecule has 0 atom stereocenters. The van der Waals surface area contributed by atoms with Gasteiger partial charge in [0.2, 0.25) is 0 Å². The fourth-order valence-corrected chi connectivity index (χ4v) is 6.47. The van der Waals surface area contributed by atoms with Crippen molar-refractivity contribution >= 4 is 49.4 Å². The Morgan fingerprint density at radius 2 is 1.83 bits per heavy atom. The fourth-order valence-electron chi connectivity index (χ4n) is 3.32. The molecular weight excluding hydrogens is 440 g/mol. The van der Waals surface area contributed by atoms with Crippen LogP contribution in [0.5, 0.6) is 0 Å². The molecule has 0 saturated carbocycles. The third kappa shape index (κ3) is 4.50. The lowest BCUT2D eigenvalue weighted by atomic mass is 10.2. The fraction of sp³-hybridized carbons (Fsp3) is 0.300. The van der Waals surface area contributed by atoms with Crippen molar-refractivity contribution in [2.24, 2.45) is 0 Å². The number of aryl methyl sites for hydroxylation is 1. The van der Waals surface area contributed by atoms with E-state index in [0.29, 0.717) is 25.3 Å². The highest BCUT2D eigenvalue weighted by molar-refractivity contribution is 7.93. The summed E-state index contributed by atoms with van der Waals surface area (Å²) >= 11 is 2.74. The van der Waals surface area contributed by atoms with Gasteiger partial charge in [-0.2, -0.15) is 0 Å². The van der Waals surface area contributed by atoms with Crippen molar-refractivity contribution in [3.63, 3.8) is 0 Å². The Labute approximate surface area is 184 Å². The predicted molar refractivity (Wildman–Crippen MR) is 121 cm³/mol. The van der Waals surface area contributed by atoms with Crippen LogP contribution in [0, 0.1) is 6.92 Å². The van der Waals surface area contributed by atoms with E-state index in [1.54, 1.807) is 39.9 Å². The molecule has 1 N–H and O–H groups in total. The Bertz CT molecular complexity index is 1110. The molecule has 0 unspecified atom stereocenters. The molecule has 1 saturated heterocycles. The first-order valence-corrected chi connectivity index (χ1v) is 12.8. The number of rotatable bonds is 5. The summed E-state index contributed by atoms with van der Waals surface area (Å²) in [6, 6.07) is 8.59. The first-order valence-electron chi connectivity index (χ1n) is 9.55. The maximum absolute atomic E-state index is 13.2. The van der Waals surface area contributed by atoms with E-state index in [-0.39, 0.29) is 15.7 Å². The Morgan fingerprint density at radius 1 is 1.03 bits per heavy atom.